The number of aliphatic hydroxyl groups is 1. The second kappa shape index (κ2) is 5.03. The quantitative estimate of drug-likeness (QED) is 0.744. The Morgan fingerprint density at radius 2 is 2.00 bits per heavy atom. The van der Waals surface area contributed by atoms with Crippen molar-refractivity contribution in [3.8, 4) is 5.75 Å². The summed E-state index contributed by atoms with van der Waals surface area (Å²) in [6.45, 7) is 6.54. The maximum absolute atomic E-state index is 8.88. The molecular formula is C12H19NO2. The van der Waals surface area contributed by atoms with Crippen molar-refractivity contribution in [1.29, 1.82) is 0 Å². The van der Waals surface area contributed by atoms with Crippen molar-refractivity contribution in [3.05, 3.63) is 23.3 Å². The van der Waals surface area contributed by atoms with E-state index in [2.05, 4.69) is 0 Å². The number of nitrogen functional groups attached to an aromatic ring is 1. The van der Waals surface area contributed by atoms with Crippen LogP contribution >= 0.6 is 0 Å². The number of anilines is 1. The summed E-state index contributed by atoms with van der Waals surface area (Å²) in [6.07, 6.45) is 0. The van der Waals surface area contributed by atoms with Crippen LogP contribution < -0.4 is 10.5 Å². The van der Waals surface area contributed by atoms with Crippen LogP contribution in [0.1, 0.15) is 18.1 Å². The molecule has 0 aliphatic carbocycles. The number of nitrogens with two attached hydrogens (primary N) is 1. The summed E-state index contributed by atoms with van der Waals surface area (Å²) in [5, 5.41) is 8.88. The first-order chi connectivity index (χ1) is 7.04. The average molecular weight is 209 g/mol. The molecule has 84 valence electrons. The van der Waals surface area contributed by atoms with Gasteiger partial charge in [-0.25, -0.2) is 0 Å². The van der Waals surface area contributed by atoms with Crippen LogP contribution in [0.2, 0.25) is 0 Å². The van der Waals surface area contributed by atoms with Gasteiger partial charge in [-0.3, -0.25) is 0 Å². The fraction of sp³-hybridized carbons (Fsp3) is 0.500. The molecule has 0 aliphatic rings. The van der Waals surface area contributed by atoms with E-state index in [4.69, 9.17) is 15.6 Å². The molecule has 1 aromatic rings. The highest BCUT2D eigenvalue weighted by molar-refractivity contribution is 5.53. The van der Waals surface area contributed by atoms with Crippen molar-refractivity contribution in [2.24, 2.45) is 5.92 Å². The molecular weight excluding hydrogens is 190 g/mol. The molecule has 3 N–H and O–H groups in total. The van der Waals surface area contributed by atoms with Gasteiger partial charge in [0.15, 0.2) is 0 Å². The molecule has 0 aromatic heterocycles. The largest absolute Gasteiger partial charge is 0.493 e. The minimum atomic E-state index is 0.146. The van der Waals surface area contributed by atoms with E-state index in [-0.39, 0.29) is 12.5 Å². The first-order valence-electron chi connectivity index (χ1n) is 5.15. The van der Waals surface area contributed by atoms with Gasteiger partial charge in [0, 0.05) is 18.2 Å². The Bertz CT molecular complexity index is 337. The zero-order valence-corrected chi connectivity index (χ0v) is 9.58. The summed E-state index contributed by atoms with van der Waals surface area (Å²) >= 11 is 0. The zero-order chi connectivity index (χ0) is 11.4. The molecule has 0 fully saturated rings. The summed E-state index contributed by atoms with van der Waals surface area (Å²) < 4.78 is 5.61. The third kappa shape index (κ3) is 3.13. The minimum Gasteiger partial charge on any atom is -0.493 e. The van der Waals surface area contributed by atoms with E-state index < -0.39 is 0 Å². The van der Waals surface area contributed by atoms with E-state index in [0.29, 0.717) is 6.61 Å². The third-order valence-corrected chi connectivity index (χ3v) is 2.40. The van der Waals surface area contributed by atoms with Crippen molar-refractivity contribution in [1.82, 2.24) is 0 Å². The predicted octanol–water partition coefficient (Wildman–Crippen LogP) is 1.89. The van der Waals surface area contributed by atoms with Crippen molar-refractivity contribution in [3.63, 3.8) is 0 Å². The molecule has 0 aliphatic heterocycles. The fourth-order valence-electron chi connectivity index (χ4n) is 1.25. The average Bonchev–Trinajstić information content (AvgIpc) is 2.21. The summed E-state index contributed by atoms with van der Waals surface area (Å²) in [5.41, 5.74) is 8.61. The Kier molecular flexibility index (Phi) is 3.97. The SMILES string of the molecule is Cc1cc(OCC(C)CO)c(C)cc1N. The summed E-state index contributed by atoms with van der Waals surface area (Å²) in [7, 11) is 0. The van der Waals surface area contributed by atoms with Gasteiger partial charge in [-0.15, -0.1) is 0 Å². The smallest absolute Gasteiger partial charge is 0.122 e. The number of aliphatic hydroxyl groups excluding tert-OH is 1. The van der Waals surface area contributed by atoms with E-state index in [1.165, 1.54) is 0 Å². The second-order valence-corrected chi connectivity index (χ2v) is 4.07. The van der Waals surface area contributed by atoms with Crippen LogP contribution in [0, 0.1) is 19.8 Å². The van der Waals surface area contributed by atoms with Crippen LogP contribution in [0.4, 0.5) is 5.69 Å². The maximum atomic E-state index is 8.88. The van der Waals surface area contributed by atoms with Gasteiger partial charge in [0.25, 0.3) is 0 Å². The van der Waals surface area contributed by atoms with Gasteiger partial charge in [-0.2, -0.15) is 0 Å². The lowest BCUT2D eigenvalue weighted by Gasteiger charge is -2.14. The highest BCUT2D eigenvalue weighted by Crippen LogP contribution is 2.24. The molecule has 1 atom stereocenters. The monoisotopic (exact) mass is 209 g/mol. The zero-order valence-electron chi connectivity index (χ0n) is 9.58. The van der Waals surface area contributed by atoms with Gasteiger partial charge in [-0.05, 0) is 37.1 Å². The Morgan fingerprint density at radius 3 is 2.60 bits per heavy atom. The standard InChI is InChI=1S/C12H19NO2/c1-8(6-14)7-15-12-5-9(2)11(13)4-10(12)3/h4-5,8,14H,6-7,13H2,1-3H3. The predicted molar refractivity (Wildman–Crippen MR) is 62.1 cm³/mol. The van der Waals surface area contributed by atoms with Crippen LogP contribution in [-0.2, 0) is 0 Å². The van der Waals surface area contributed by atoms with E-state index in [1.54, 1.807) is 0 Å². The van der Waals surface area contributed by atoms with Gasteiger partial charge < -0.3 is 15.6 Å². The van der Waals surface area contributed by atoms with Crippen molar-refractivity contribution in [2.45, 2.75) is 20.8 Å². The molecule has 1 unspecified atom stereocenters. The lowest BCUT2D eigenvalue weighted by Crippen LogP contribution is -2.12. The van der Waals surface area contributed by atoms with Crippen LogP contribution in [0.25, 0.3) is 0 Å². The topological polar surface area (TPSA) is 55.5 Å². The van der Waals surface area contributed by atoms with Crippen molar-refractivity contribution in [2.75, 3.05) is 18.9 Å². The molecule has 0 radical (unpaired) electrons. The maximum Gasteiger partial charge on any atom is 0.122 e. The molecule has 15 heavy (non-hydrogen) atoms. The molecule has 0 spiro atoms. The van der Waals surface area contributed by atoms with E-state index in [1.807, 2.05) is 32.9 Å². The fourth-order valence-corrected chi connectivity index (χ4v) is 1.25. The molecule has 0 saturated heterocycles. The second-order valence-electron chi connectivity index (χ2n) is 4.07. The number of benzene rings is 1. The summed E-state index contributed by atoms with van der Waals surface area (Å²) in [4.78, 5) is 0. The van der Waals surface area contributed by atoms with E-state index in [0.717, 1.165) is 22.6 Å². The first kappa shape index (κ1) is 11.9. The molecule has 3 nitrogen and oxygen atoms in total. The molecule has 3 heteroatoms. The van der Waals surface area contributed by atoms with E-state index in [9.17, 15) is 0 Å². The van der Waals surface area contributed by atoms with Gasteiger partial charge >= 0.3 is 0 Å². The number of ether oxygens (including phenoxy) is 1. The Hall–Kier alpha value is -1.22. The number of aryl methyl sites for hydroxylation is 2. The molecule has 1 aromatic carbocycles. The number of hydrogen-bond donors (Lipinski definition) is 2. The van der Waals surface area contributed by atoms with Gasteiger partial charge in [0.2, 0.25) is 0 Å². The third-order valence-electron chi connectivity index (χ3n) is 2.40. The van der Waals surface area contributed by atoms with Gasteiger partial charge in [-0.1, -0.05) is 6.92 Å². The van der Waals surface area contributed by atoms with Crippen LogP contribution in [0.15, 0.2) is 12.1 Å². The molecule has 0 bridgehead atoms. The lowest BCUT2D eigenvalue weighted by atomic mass is 10.1. The van der Waals surface area contributed by atoms with Crippen LogP contribution in [0.5, 0.6) is 5.75 Å². The summed E-state index contributed by atoms with van der Waals surface area (Å²) in [5.74, 6) is 1.00. The Balaban J connectivity index is 2.73. The van der Waals surface area contributed by atoms with Crippen LogP contribution in [0.3, 0.4) is 0 Å². The summed E-state index contributed by atoms with van der Waals surface area (Å²) in [6, 6.07) is 3.85. The first-order valence-corrected chi connectivity index (χ1v) is 5.15. The van der Waals surface area contributed by atoms with Gasteiger partial charge in [0.05, 0.1) is 6.61 Å². The highest BCUT2D eigenvalue weighted by Gasteiger charge is 2.05. The lowest BCUT2D eigenvalue weighted by molar-refractivity contribution is 0.174. The molecule has 0 amide bonds. The molecule has 1 rings (SSSR count). The highest BCUT2D eigenvalue weighted by atomic mass is 16.5. The van der Waals surface area contributed by atoms with Crippen molar-refractivity contribution < 1.29 is 9.84 Å². The van der Waals surface area contributed by atoms with Gasteiger partial charge in [0.1, 0.15) is 5.75 Å². The number of hydrogen-bond acceptors (Lipinski definition) is 3. The number of rotatable bonds is 4. The molecule has 0 saturated carbocycles. The normalized spacial score (nSPS) is 12.5. The Morgan fingerprint density at radius 1 is 1.33 bits per heavy atom. The van der Waals surface area contributed by atoms with Crippen LogP contribution in [-0.4, -0.2) is 18.3 Å². The van der Waals surface area contributed by atoms with E-state index >= 15 is 0 Å². The van der Waals surface area contributed by atoms with Crippen molar-refractivity contribution >= 4 is 5.69 Å². The molecule has 0 heterocycles. The Labute approximate surface area is 90.9 Å². The minimum absolute atomic E-state index is 0.146.